The molecule has 0 bridgehead atoms. The van der Waals surface area contributed by atoms with E-state index in [4.69, 9.17) is 13.9 Å². The molecule has 6 nitrogen and oxygen atoms in total. The number of benzene rings is 1. The first-order chi connectivity index (χ1) is 10.8. The summed E-state index contributed by atoms with van der Waals surface area (Å²) in [5, 5.41) is 3.16. The average molecular weight is 299 g/mol. The molecule has 3 aromatic rings. The van der Waals surface area contributed by atoms with Crippen molar-refractivity contribution in [1.29, 1.82) is 0 Å². The van der Waals surface area contributed by atoms with E-state index in [0.717, 1.165) is 22.6 Å². The van der Waals surface area contributed by atoms with E-state index in [1.165, 1.54) is 0 Å². The minimum atomic E-state index is 0.508. The summed E-state index contributed by atoms with van der Waals surface area (Å²) in [5.74, 6) is 2.07. The molecule has 0 radical (unpaired) electrons. The Balaban J connectivity index is 1.85. The number of rotatable bonds is 6. The van der Waals surface area contributed by atoms with Crippen LogP contribution in [0.15, 0.2) is 40.8 Å². The molecule has 0 atom stereocenters. The number of nitrogens with zero attached hydrogens (tertiary/aromatic N) is 2. The molecule has 0 fully saturated rings. The van der Waals surface area contributed by atoms with Crippen LogP contribution in [0.5, 0.6) is 5.75 Å². The van der Waals surface area contributed by atoms with Crippen LogP contribution >= 0.6 is 0 Å². The van der Waals surface area contributed by atoms with Crippen LogP contribution in [-0.4, -0.2) is 37.3 Å². The van der Waals surface area contributed by atoms with Gasteiger partial charge in [-0.05, 0) is 36.4 Å². The predicted molar refractivity (Wildman–Crippen MR) is 84.2 cm³/mol. The van der Waals surface area contributed by atoms with E-state index in [2.05, 4.69) is 15.3 Å². The van der Waals surface area contributed by atoms with Gasteiger partial charge in [0.2, 0.25) is 11.6 Å². The standard InChI is InChI=1S/C16H17N3O3/c1-20-10-9-17-14-8-7-13-16(19-14)22-15(18-13)11-3-5-12(21-2)6-4-11/h3-8H,9-10H2,1-2H3,(H,17,19). The smallest absolute Gasteiger partial charge is 0.249 e. The maximum Gasteiger partial charge on any atom is 0.249 e. The van der Waals surface area contributed by atoms with Crippen LogP contribution in [0.25, 0.3) is 22.7 Å². The number of hydrogen-bond acceptors (Lipinski definition) is 6. The van der Waals surface area contributed by atoms with Crippen molar-refractivity contribution in [3.05, 3.63) is 36.4 Å². The first-order valence-electron chi connectivity index (χ1n) is 6.95. The fourth-order valence-electron chi connectivity index (χ4n) is 2.05. The van der Waals surface area contributed by atoms with Crippen molar-refractivity contribution in [2.75, 3.05) is 32.7 Å². The fourth-order valence-corrected chi connectivity index (χ4v) is 2.05. The highest BCUT2D eigenvalue weighted by Gasteiger charge is 2.10. The quantitative estimate of drug-likeness (QED) is 0.706. The summed E-state index contributed by atoms with van der Waals surface area (Å²) < 4.78 is 15.9. The molecule has 6 heteroatoms. The molecule has 0 aliphatic carbocycles. The van der Waals surface area contributed by atoms with Gasteiger partial charge in [0.05, 0.1) is 13.7 Å². The van der Waals surface area contributed by atoms with Crippen LogP contribution in [0.4, 0.5) is 5.82 Å². The van der Waals surface area contributed by atoms with Crippen molar-refractivity contribution >= 4 is 17.0 Å². The highest BCUT2D eigenvalue weighted by molar-refractivity contribution is 5.74. The predicted octanol–water partition coefficient (Wildman–Crippen LogP) is 2.96. The van der Waals surface area contributed by atoms with Gasteiger partial charge in [0.25, 0.3) is 0 Å². The first kappa shape index (κ1) is 14.3. The van der Waals surface area contributed by atoms with Gasteiger partial charge in [-0.3, -0.25) is 0 Å². The number of pyridine rings is 1. The number of hydrogen-bond donors (Lipinski definition) is 1. The second-order valence-corrected chi connectivity index (χ2v) is 4.69. The van der Waals surface area contributed by atoms with Crippen molar-refractivity contribution in [3.8, 4) is 17.2 Å². The molecule has 0 aliphatic rings. The lowest BCUT2D eigenvalue weighted by Crippen LogP contribution is -2.08. The second kappa shape index (κ2) is 6.44. The number of fused-ring (bicyclic) bond motifs is 1. The molecule has 114 valence electrons. The number of methoxy groups -OCH3 is 2. The first-order valence-corrected chi connectivity index (χ1v) is 6.95. The molecule has 0 saturated heterocycles. The molecular weight excluding hydrogens is 282 g/mol. The van der Waals surface area contributed by atoms with Crippen molar-refractivity contribution in [3.63, 3.8) is 0 Å². The number of oxazole rings is 1. The summed E-state index contributed by atoms with van der Waals surface area (Å²) in [4.78, 5) is 8.86. The third-order valence-electron chi connectivity index (χ3n) is 3.20. The van der Waals surface area contributed by atoms with E-state index in [1.807, 2.05) is 36.4 Å². The Bertz CT molecular complexity index is 753. The Labute approximate surface area is 128 Å². The molecule has 0 aliphatic heterocycles. The van der Waals surface area contributed by atoms with Gasteiger partial charge in [0, 0.05) is 19.2 Å². The van der Waals surface area contributed by atoms with Crippen LogP contribution in [0, 0.1) is 0 Å². The highest BCUT2D eigenvalue weighted by atomic mass is 16.5. The molecular formula is C16H17N3O3. The van der Waals surface area contributed by atoms with E-state index < -0.39 is 0 Å². The van der Waals surface area contributed by atoms with Crippen molar-refractivity contribution < 1.29 is 13.9 Å². The molecule has 0 spiro atoms. The number of ether oxygens (including phenoxy) is 2. The third-order valence-corrected chi connectivity index (χ3v) is 3.20. The lowest BCUT2D eigenvalue weighted by atomic mass is 10.2. The SMILES string of the molecule is COCCNc1ccc2nc(-c3ccc(OC)cc3)oc2n1. The molecule has 2 heterocycles. The minimum Gasteiger partial charge on any atom is -0.497 e. The molecule has 0 unspecified atom stereocenters. The molecule has 2 aromatic heterocycles. The van der Waals surface area contributed by atoms with E-state index in [0.29, 0.717) is 24.8 Å². The van der Waals surface area contributed by atoms with Crippen molar-refractivity contribution in [2.24, 2.45) is 0 Å². The van der Waals surface area contributed by atoms with Crippen LogP contribution in [0.1, 0.15) is 0 Å². The zero-order chi connectivity index (χ0) is 15.4. The van der Waals surface area contributed by atoms with Crippen LogP contribution < -0.4 is 10.1 Å². The fraction of sp³-hybridized carbons (Fsp3) is 0.250. The van der Waals surface area contributed by atoms with E-state index in [9.17, 15) is 0 Å². The normalized spacial score (nSPS) is 10.8. The zero-order valence-corrected chi connectivity index (χ0v) is 12.5. The molecule has 1 N–H and O–H groups in total. The van der Waals surface area contributed by atoms with Gasteiger partial charge < -0.3 is 19.2 Å². The Morgan fingerprint density at radius 1 is 1.05 bits per heavy atom. The van der Waals surface area contributed by atoms with Gasteiger partial charge in [-0.25, -0.2) is 4.98 Å². The topological polar surface area (TPSA) is 69.4 Å². The molecule has 22 heavy (non-hydrogen) atoms. The summed E-state index contributed by atoms with van der Waals surface area (Å²) in [6, 6.07) is 11.3. The van der Waals surface area contributed by atoms with E-state index >= 15 is 0 Å². The molecule has 1 aromatic carbocycles. The number of nitrogens with one attached hydrogen (secondary N) is 1. The van der Waals surface area contributed by atoms with E-state index in [-0.39, 0.29) is 0 Å². The summed E-state index contributed by atoms with van der Waals surface area (Å²) >= 11 is 0. The monoisotopic (exact) mass is 299 g/mol. The van der Waals surface area contributed by atoms with E-state index in [1.54, 1.807) is 14.2 Å². The zero-order valence-electron chi connectivity index (χ0n) is 12.5. The Hall–Kier alpha value is -2.60. The van der Waals surface area contributed by atoms with Crippen LogP contribution in [-0.2, 0) is 4.74 Å². The lowest BCUT2D eigenvalue weighted by Gasteiger charge is -2.03. The van der Waals surface area contributed by atoms with Gasteiger partial charge in [0.1, 0.15) is 17.1 Å². The van der Waals surface area contributed by atoms with Crippen molar-refractivity contribution in [2.45, 2.75) is 0 Å². The molecule has 0 saturated carbocycles. The second-order valence-electron chi connectivity index (χ2n) is 4.69. The van der Waals surface area contributed by atoms with Crippen LogP contribution in [0.3, 0.4) is 0 Å². The maximum atomic E-state index is 5.74. The van der Waals surface area contributed by atoms with Crippen molar-refractivity contribution in [1.82, 2.24) is 9.97 Å². The third kappa shape index (κ3) is 3.01. The summed E-state index contributed by atoms with van der Waals surface area (Å²) in [6.07, 6.45) is 0. The molecule has 3 rings (SSSR count). The van der Waals surface area contributed by atoms with Gasteiger partial charge in [-0.1, -0.05) is 0 Å². The Morgan fingerprint density at radius 3 is 2.59 bits per heavy atom. The van der Waals surface area contributed by atoms with Gasteiger partial charge >= 0.3 is 0 Å². The van der Waals surface area contributed by atoms with Gasteiger partial charge in [-0.15, -0.1) is 0 Å². The number of aromatic nitrogens is 2. The Morgan fingerprint density at radius 2 is 1.86 bits per heavy atom. The molecule has 0 amide bonds. The maximum absolute atomic E-state index is 5.74. The highest BCUT2D eigenvalue weighted by Crippen LogP contribution is 2.25. The number of anilines is 1. The Kier molecular flexibility index (Phi) is 4.20. The minimum absolute atomic E-state index is 0.508. The van der Waals surface area contributed by atoms with Gasteiger partial charge in [-0.2, -0.15) is 4.98 Å². The summed E-state index contributed by atoms with van der Waals surface area (Å²) in [6.45, 7) is 1.31. The van der Waals surface area contributed by atoms with Crippen LogP contribution in [0.2, 0.25) is 0 Å². The largest absolute Gasteiger partial charge is 0.497 e. The summed E-state index contributed by atoms with van der Waals surface area (Å²) in [5.41, 5.74) is 2.11. The van der Waals surface area contributed by atoms with Gasteiger partial charge in [0.15, 0.2) is 0 Å². The lowest BCUT2D eigenvalue weighted by molar-refractivity contribution is 0.210. The summed E-state index contributed by atoms with van der Waals surface area (Å²) in [7, 11) is 3.30. The average Bonchev–Trinajstić information content (AvgIpc) is 2.98.